The van der Waals surface area contributed by atoms with Gasteiger partial charge >= 0.3 is 0 Å². The lowest BCUT2D eigenvalue weighted by atomic mass is 10.0. The summed E-state index contributed by atoms with van der Waals surface area (Å²) in [6.07, 6.45) is 1.79. The summed E-state index contributed by atoms with van der Waals surface area (Å²) in [7, 11) is 0. The number of fused-ring (bicyclic) bond motifs is 1. The lowest BCUT2D eigenvalue weighted by Crippen LogP contribution is -2.41. The van der Waals surface area contributed by atoms with Gasteiger partial charge in [0.15, 0.2) is 5.17 Å². The predicted molar refractivity (Wildman–Crippen MR) is 49.6 cm³/mol. The summed E-state index contributed by atoms with van der Waals surface area (Å²) in [5.41, 5.74) is 0. The van der Waals surface area contributed by atoms with Gasteiger partial charge in [-0.15, -0.1) is 0 Å². The third-order valence-corrected chi connectivity index (χ3v) is 3.02. The molecule has 0 aromatic heterocycles. The Labute approximate surface area is 75.5 Å². The minimum Gasteiger partial charge on any atom is -0.274 e. The smallest absolute Gasteiger partial charge is 0.237 e. The van der Waals surface area contributed by atoms with Gasteiger partial charge < -0.3 is 0 Å². The topological polar surface area (TPSA) is 32.7 Å². The van der Waals surface area contributed by atoms with Crippen molar-refractivity contribution in [3.05, 3.63) is 11.6 Å². The van der Waals surface area contributed by atoms with Crippen LogP contribution in [0.1, 0.15) is 13.8 Å². The SMILES string of the molecule is CC1N=C2SC=CN2C(=O)C1C. The number of aliphatic imine (C=N–C) groups is 1. The molecule has 0 saturated carbocycles. The highest BCUT2D eigenvalue weighted by Crippen LogP contribution is 2.28. The van der Waals surface area contributed by atoms with Gasteiger partial charge in [0.2, 0.25) is 5.91 Å². The zero-order valence-electron chi connectivity index (χ0n) is 7.02. The molecule has 2 heterocycles. The Morgan fingerprint density at radius 2 is 2.33 bits per heavy atom. The van der Waals surface area contributed by atoms with E-state index in [-0.39, 0.29) is 17.9 Å². The van der Waals surface area contributed by atoms with Gasteiger partial charge in [0.1, 0.15) is 0 Å². The fourth-order valence-corrected chi connectivity index (χ4v) is 2.04. The molecule has 2 aliphatic rings. The molecule has 12 heavy (non-hydrogen) atoms. The molecular weight excluding hydrogens is 172 g/mol. The average Bonchev–Trinajstić information content (AvgIpc) is 2.48. The van der Waals surface area contributed by atoms with Gasteiger partial charge in [-0.3, -0.25) is 14.7 Å². The van der Waals surface area contributed by atoms with Crippen LogP contribution in [-0.4, -0.2) is 22.0 Å². The van der Waals surface area contributed by atoms with Crippen LogP contribution in [0.4, 0.5) is 0 Å². The molecule has 0 fully saturated rings. The average molecular weight is 182 g/mol. The predicted octanol–water partition coefficient (Wildman–Crippen LogP) is 1.43. The number of thioether (sulfide) groups is 1. The molecule has 1 amide bonds. The third-order valence-electron chi connectivity index (χ3n) is 2.25. The third kappa shape index (κ3) is 0.982. The fourth-order valence-electron chi connectivity index (χ4n) is 1.24. The molecule has 2 atom stereocenters. The fraction of sp³-hybridized carbons (Fsp3) is 0.500. The first-order valence-corrected chi connectivity index (χ1v) is 4.82. The van der Waals surface area contributed by atoms with Crippen LogP contribution in [0.3, 0.4) is 0 Å². The van der Waals surface area contributed by atoms with E-state index in [2.05, 4.69) is 4.99 Å². The largest absolute Gasteiger partial charge is 0.274 e. The lowest BCUT2D eigenvalue weighted by molar-refractivity contribution is -0.130. The normalized spacial score (nSPS) is 33.7. The summed E-state index contributed by atoms with van der Waals surface area (Å²) in [5.74, 6) is 0.172. The van der Waals surface area contributed by atoms with Crippen LogP contribution in [0.25, 0.3) is 0 Å². The summed E-state index contributed by atoms with van der Waals surface area (Å²) >= 11 is 1.51. The van der Waals surface area contributed by atoms with Crippen molar-refractivity contribution >= 4 is 22.8 Å². The zero-order chi connectivity index (χ0) is 8.72. The molecule has 0 aromatic rings. The Kier molecular flexibility index (Phi) is 1.72. The van der Waals surface area contributed by atoms with E-state index in [1.54, 1.807) is 11.1 Å². The van der Waals surface area contributed by atoms with E-state index in [1.807, 2.05) is 19.3 Å². The number of amides is 1. The molecule has 2 rings (SSSR count). The number of rotatable bonds is 0. The first-order chi connectivity index (χ1) is 5.70. The summed E-state index contributed by atoms with van der Waals surface area (Å²) in [6, 6.07) is 0.121. The van der Waals surface area contributed by atoms with Crippen molar-refractivity contribution < 1.29 is 4.79 Å². The Bertz CT molecular complexity index is 285. The van der Waals surface area contributed by atoms with Gasteiger partial charge in [-0.2, -0.15) is 0 Å². The van der Waals surface area contributed by atoms with Crippen LogP contribution < -0.4 is 0 Å². The highest BCUT2D eigenvalue weighted by molar-refractivity contribution is 8.16. The van der Waals surface area contributed by atoms with Crippen LogP contribution in [0.2, 0.25) is 0 Å². The monoisotopic (exact) mass is 182 g/mol. The van der Waals surface area contributed by atoms with E-state index < -0.39 is 0 Å². The molecule has 0 aliphatic carbocycles. The van der Waals surface area contributed by atoms with E-state index in [0.717, 1.165) is 5.17 Å². The first kappa shape index (κ1) is 7.86. The van der Waals surface area contributed by atoms with Gasteiger partial charge in [0.25, 0.3) is 0 Å². The van der Waals surface area contributed by atoms with Crippen molar-refractivity contribution in [3.63, 3.8) is 0 Å². The molecule has 2 aliphatic heterocycles. The molecule has 2 unspecified atom stereocenters. The zero-order valence-corrected chi connectivity index (χ0v) is 7.84. The second-order valence-electron chi connectivity index (χ2n) is 3.05. The standard InChI is InChI=1S/C8H10N2OS/c1-5-6(2)9-8-10(7(5)11)3-4-12-8/h3-6H,1-2H3. The summed E-state index contributed by atoms with van der Waals surface area (Å²) in [5, 5.41) is 2.72. The van der Waals surface area contributed by atoms with Crippen LogP contribution in [0, 0.1) is 5.92 Å². The van der Waals surface area contributed by atoms with Crippen molar-refractivity contribution in [1.29, 1.82) is 0 Å². The van der Waals surface area contributed by atoms with Gasteiger partial charge in [-0.1, -0.05) is 18.7 Å². The molecule has 0 bridgehead atoms. The van der Waals surface area contributed by atoms with E-state index in [9.17, 15) is 4.79 Å². The second-order valence-corrected chi connectivity index (χ2v) is 3.93. The Morgan fingerprint density at radius 1 is 1.58 bits per heavy atom. The molecule has 0 aromatic carbocycles. The molecule has 4 heteroatoms. The van der Waals surface area contributed by atoms with E-state index in [1.165, 1.54) is 11.8 Å². The van der Waals surface area contributed by atoms with E-state index in [4.69, 9.17) is 0 Å². The minimum absolute atomic E-state index is 0.0112. The van der Waals surface area contributed by atoms with Crippen molar-refractivity contribution in [2.45, 2.75) is 19.9 Å². The van der Waals surface area contributed by atoms with Crippen molar-refractivity contribution in [2.75, 3.05) is 0 Å². The van der Waals surface area contributed by atoms with E-state index in [0.29, 0.717) is 0 Å². The lowest BCUT2D eigenvalue weighted by Gasteiger charge is -2.27. The van der Waals surface area contributed by atoms with Crippen LogP contribution in [0.5, 0.6) is 0 Å². The number of hydrogen-bond donors (Lipinski definition) is 0. The number of hydrogen-bond acceptors (Lipinski definition) is 3. The van der Waals surface area contributed by atoms with Gasteiger partial charge in [0, 0.05) is 6.20 Å². The maximum atomic E-state index is 11.6. The van der Waals surface area contributed by atoms with Gasteiger partial charge in [-0.25, -0.2) is 0 Å². The Balaban J connectivity index is 2.36. The number of carbonyl (C=O) groups excluding carboxylic acids is 1. The van der Waals surface area contributed by atoms with Crippen molar-refractivity contribution in [1.82, 2.24) is 4.90 Å². The maximum absolute atomic E-state index is 11.6. The number of nitrogens with zero attached hydrogens (tertiary/aromatic N) is 2. The maximum Gasteiger partial charge on any atom is 0.237 e. The molecule has 0 N–H and O–H groups in total. The summed E-state index contributed by atoms with van der Waals surface area (Å²) < 4.78 is 0. The second kappa shape index (κ2) is 2.62. The molecule has 0 radical (unpaired) electrons. The summed E-state index contributed by atoms with van der Waals surface area (Å²) in [4.78, 5) is 17.6. The number of carbonyl (C=O) groups is 1. The minimum atomic E-state index is 0.0112. The first-order valence-electron chi connectivity index (χ1n) is 3.94. The highest BCUT2D eigenvalue weighted by atomic mass is 32.2. The van der Waals surface area contributed by atoms with Gasteiger partial charge in [0.05, 0.1) is 12.0 Å². The Hall–Kier alpha value is -0.770. The van der Waals surface area contributed by atoms with Crippen LogP contribution in [-0.2, 0) is 4.79 Å². The quantitative estimate of drug-likeness (QED) is 0.567. The van der Waals surface area contributed by atoms with Crippen molar-refractivity contribution in [3.8, 4) is 0 Å². The van der Waals surface area contributed by atoms with Crippen LogP contribution in [0.15, 0.2) is 16.6 Å². The molecule has 0 spiro atoms. The number of amidine groups is 1. The Morgan fingerprint density at radius 3 is 3.08 bits per heavy atom. The molecular formula is C8H10N2OS. The molecule has 3 nitrogen and oxygen atoms in total. The van der Waals surface area contributed by atoms with Gasteiger partial charge in [-0.05, 0) is 12.3 Å². The summed E-state index contributed by atoms with van der Waals surface area (Å²) in [6.45, 7) is 3.90. The molecule has 0 saturated heterocycles. The van der Waals surface area contributed by atoms with E-state index >= 15 is 0 Å². The van der Waals surface area contributed by atoms with Crippen molar-refractivity contribution in [2.24, 2.45) is 10.9 Å². The highest BCUT2D eigenvalue weighted by Gasteiger charge is 2.33. The van der Waals surface area contributed by atoms with Crippen LogP contribution >= 0.6 is 11.8 Å². The molecule has 64 valence electrons.